The third kappa shape index (κ3) is 4.37. The van der Waals surface area contributed by atoms with E-state index in [-0.39, 0.29) is 12.1 Å². The molecule has 25 heavy (non-hydrogen) atoms. The molecule has 0 saturated heterocycles. The van der Waals surface area contributed by atoms with Gasteiger partial charge in [-0.05, 0) is 29.6 Å². The molecule has 2 aromatic heterocycles. The largest absolute Gasteiger partial charge is 0.493 e. The lowest BCUT2D eigenvalue weighted by atomic mass is 10.2. The highest BCUT2D eigenvalue weighted by molar-refractivity contribution is 7.09. The van der Waals surface area contributed by atoms with E-state index in [1.54, 1.807) is 35.7 Å². The van der Waals surface area contributed by atoms with E-state index in [0.717, 1.165) is 6.42 Å². The van der Waals surface area contributed by atoms with Crippen LogP contribution in [0.15, 0.2) is 52.8 Å². The Balaban J connectivity index is 1.70. The molecule has 3 aromatic rings. The third-order valence-electron chi connectivity index (χ3n) is 3.71. The van der Waals surface area contributed by atoms with Crippen LogP contribution in [0.2, 0.25) is 10.0 Å². The Morgan fingerprint density at radius 1 is 1.20 bits per heavy atom. The van der Waals surface area contributed by atoms with Gasteiger partial charge < -0.3 is 15.0 Å². The van der Waals surface area contributed by atoms with Crippen LogP contribution in [0.5, 0.6) is 5.75 Å². The second-order valence-electron chi connectivity index (χ2n) is 5.44. The molecule has 0 spiro atoms. The van der Waals surface area contributed by atoms with Gasteiger partial charge in [-0.15, -0.1) is 11.3 Å². The number of hydrogen-bond acceptors (Lipinski definition) is 4. The van der Waals surface area contributed by atoms with E-state index in [1.807, 2.05) is 11.4 Å². The first kappa shape index (κ1) is 17.9. The molecule has 7 heteroatoms. The van der Waals surface area contributed by atoms with Gasteiger partial charge in [0.25, 0.3) is 5.56 Å². The zero-order valence-corrected chi connectivity index (χ0v) is 15.6. The van der Waals surface area contributed by atoms with Crippen molar-refractivity contribution in [1.82, 2.24) is 4.57 Å². The topological polar surface area (TPSA) is 57.2 Å². The van der Waals surface area contributed by atoms with Crippen LogP contribution in [0.4, 0.5) is 5.69 Å². The van der Waals surface area contributed by atoms with Crippen LogP contribution in [0.3, 0.4) is 0 Å². The summed E-state index contributed by atoms with van der Waals surface area (Å²) in [6, 6.07) is 10.6. The zero-order valence-electron chi connectivity index (χ0n) is 13.2. The summed E-state index contributed by atoms with van der Waals surface area (Å²) in [6.45, 7) is 0.772. The molecular weight excluding hydrogens is 379 g/mol. The molecule has 0 aliphatic heterocycles. The second-order valence-corrected chi connectivity index (χ2v) is 7.25. The van der Waals surface area contributed by atoms with Crippen LogP contribution >= 0.6 is 34.5 Å². The number of thiophene rings is 1. The predicted octanol–water partition coefficient (Wildman–Crippen LogP) is 4.47. The molecule has 0 atom stereocenters. The summed E-state index contributed by atoms with van der Waals surface area (Å²) >= 11 is 14.1. The Morgan fingerprint density at radius 2 is 2.04 bits per heavy atom. The van der Waals surface area contributed by atoms with E-state index in [9.17, 15) is 4.79 Å². The minimum absolute atomic E-state index is 0.191. The van der Waals surface area contributed by atoms with Crippen LogP contribution in [0.1, 0.15) is 10.4 Å². The molecule has 0 fully saturated rings. The van der Waals surface area contributed by atoms with Crippen molar-refractivity contribution in [2.24, 2.45) is 0 Å². The van der Waals surface area contributed by atoms with Crippen molar-refractivity contribution in [3.63, 3.8) is 0 Å². The molecule has 2 heterocycles. The number of nitrogens with two attached hydrogens (primary N) is 1. The first-order valence-electron chi connectivity index (χ1n) is 7.62. The number of benzene rings is 1. The van der Waals surface area contributed by atoms with Gasteiger partial charge in [0.2, 0.25) is 0 Å². The van der Waals surface area contributed by atoms with Gasteiger partial charge in [0.15, 0.2) is 0 Å². The van der Waals surface area contributed by atoms with Crippen molar-refractivity contribution in [1.29, 1.82) is 0 Å². The van der Waals surface area contributed by atoms with Crippen molar-refractivity contribution < 1.29 is 4.74 Å². The van der Waals surface area contributed by atoms with Gasteiger partial charge in [-0.1, -0.05) is 29.3 Å². The van der Waals surface area contributed by atoms with Crippen LogP contribution < -0.4 is 16.0 Å². The summed E-state index contributed by atoms with van der Waals surface area (Å²) < 4.78 is 7.17. The normalized spacial score (nSPS) is 10.8. The number of nitrogens with zero attached hydrogens (tertiary/aromatic N) is 1. The summed E-state index contributed by atoms with van der Waals surface area (Å²) in [7, 11) is 0. The molecule has 0 radical (unpaired) electrons. The van der Waals surface area contributed by atoms with Crippen LogP contribution in [0.25, 0.3) is 0 Å². The molecule has 2 N–H and O–H groups in total. The van der Waals surface area contributed by atoms with E-state index < -0.39 is 0 Å². The maximum absolute atomic E-state index is 12.3. The summed E-state index contributed by atoms with van der Waals surface area (Å²) in [5.41, 5.74) is 6.67. The number of rotatable bonds is 6. The third-order valence-corrected chi connectivity index (χ3v) is 5.45. The number of hydrogen-bond donors (Lipinski definition) is 1. The van der Waals surface area contributed by atoms with Gasteiger partial charge in [-0.2, -0.15) is 0 Å². The van der Waals surface area contributed by atoms with E-state index in [1.165, 1.54) is 15.5 Å². The van der Waals surface area contributed by atoms with Crippen LogP contribution in [-0.4, -0.2) is 11.2 Å². The van der Waals surface area contributed by atoms with Gasteiger partial charge in [0.05, 0.1) is 23.9 Å². The molecule has 3 rings (SSSR count). The summed E-state index contributed by atoms with van der Waals surface area (Å²) in [5, 5.41) is 2.88. The molecule has 1 aromatic carbocycles. The minimum atomic E-state index is -0.191. The fraction of sp³-hybridized carbons (Fsp3) is 0.167. The molecule has 0 bridgehead atoms. The SMILES string of the molecule is Nc1ccc(Cl)c(Cn2ccc(OCCc3cccs3)cc2=O)c1Cl. The Labute approximate surface area is 159 Å². The molecule has 0 saturated carbocycles. The minimum Gasteiger partial charge on any atom is -0.493 e. The monoisotopic (exact) mass is 394 g/mol. The number of halogens is 2. The average Bonchev–Trinajstić information content (AvgIpc) is 3.10. The van der Waals surface area contributed by atoms with Crippen molar-refractivity contribution in [3.05, 3.63) is 78.8 Å². The Hall–Kier alpha value is -1.95. The molecule has 4 nitrogen and oxygen atoms in total. The molecule has 0 amide bonds. The molecule has 0 unspecified atom stereocenters. The van der Waals surface area contributed by atoms with Crippen molar-refractivity contribution in [2.75, 3.05) is 12.3 Å². The summed E-state index contributed by atoms with van der Waals surface area (Å²) in [6.07, 6.45) is 2.48. The molecule has 130 valence electrons. The van der Waals surface area contributed by atoms with Gasteiger partial charge >= 0.3 is 0 Å². The van der Waals surface area contributed by atoms with Crippen molar-refractivity contribution >= 4 is 40.2 Å². The zero-order chi connectivity index (χ0) is 17.8. The molecular formula is C18H16Cl2N2O2S. The maximum atomic E-state index is 12.3. The summed E-state index contributed by atoms with van der Waals surface area (Å²) in [5.74, 6) is 0.544. The smallest absolute Gasteiger partial charge is 0.254 e. The fourth-order valence-corrected chi connectivity index (χ4v) is 3.55. The van der Waals surface area contributed by atoms with Gasteiger partial charge in [0.1, 0.15) is 5.75 Å². The standard InChI is InChI=1S/C18H16Cl2N2O2S/c19-15-3-4-16(21)18(20)14(15)11-22-7-5-12(10-17(22)23)24-8-6-13-2-1-9-25-13/h1-5,7,9-10H,6,8,11,21H2. The Bertz CT molecular complexity index is 923. The molecule has 0 aliphatic rings. The lowest BCUT2D eigenvalue weighted by Crippen LogP contribution is -2.20. The van der Waals surface area contributed by atoms with Crippen LogP contribution in [-0.2, 0) is 13.0 Å². The first-order valence-corrected chi connectivity index (χ1v) is 9.26. The lowest BCUT2D eigenvalue weighted by molar-refractivity contribution is 0.321. The quantitative estimate of drug-likeness (QED) is 0.627. The number of nitrogen functional groups attached to an aromatic ring is 1. The van der Waals surface area contributed by atoms with Gasteiger partial charge in [-0.25, -0.2) is 0 Å². The number of anilines is 1. The van der Waals surface area contributed by atoms with Gasteiger partial charge in [-0.3, -0.25) is 4.79 Å². The van der Waals surface area contributed by atoms with Crippen LogP contribution in [0, 0.1) is 0 Å². The van der Waals surface area contributed by atoms with Gasteiger partial charge in [0, 0.05) is 34.1 Å². The average molecular weight is 395 g/mol. The number of pyridine rings is 1. The highest BCUT2D eigenvalue weighted by atomic mass is 35.5. The lowest BCUT2D eigenvalue weighted by Gasteiger charge is -2.12. The highest BCUT2D eigenvalue weighted by Gasteiger charge is 2.11. The fourth-order valence-electron chi connectivity index (χ4n) is 2.37. The van der Waals surface area contributed by atoms with E-state index in [2.05, 4.69) is 6.07 Å². The van der Waals surface area contributed by atoms with E-state index in [0.29, 0.717) is 33.7 Å². The van der Waals surface area contributed by atoms with E-state index >= 15 is 0 Å². The first-order chi connectivity index (χ1) is 12.0. The van der Waals surface area contributed by atoms with Crippen molar-refractivity contribution in [3.8, 4) is 5.75 Å². The summed E-state index contributed by atoms with van der Waals surface area (Å²) in [4.78, 5) is 13.6. The number of ether oxygens (including phenoxy) is 1. The second kappa shape index (κ2) is 7.95. The predicted molar refractivity (Wildman–Crippen MR) is 104 cm³/mol. The molecule has 0 aliphatic carbocycles. The van der Waals surface area contributed by atoms with E-state index in [4.69, 9.17) is 33.7 Å². The van der Waals surface area contributed by atoms with Crippen molar-refractivity contribution in [2.45, 2.75) is 13.0 Å². The maximum Gasteiger partial charge on any atom is 0.254 e. The number of aromatic nitrogens is 1. The highest BCUT2D eigenvalue weighted by Crippen LogP contribution is 2.30. The Kier molecular flexibility index (Phi) is 5.68. The Morgan fingerprint density at radius 3 is 2.76 bits per heavy atom.